The number of hydrogen-bond donors (Lipinski definition) is 2. The number of aryl methyl sites for hydroxylation is 1. The molecule has 2 aromatic rings. The lowest BCUT2D eigenvalue weighted by molar-refractivity contribution is 0.0497. The van der Waals surface area contributed by atoms with E-state index in [1.165, 1.54) is 12.1 Å². The molecule has 1 amide bonds. The molecule has 0 radical (unpaired) electrons. The highest BCUT2D eigenvalue weighted by atomic mass is 19.1. The molecular formula is C23H29FN4O3. The predicted octanol–water partition coefficient (Wildman–Crippen LogP) is 4.08. The number of aldehydes is 1. The first-order chi connectivity index (χ1) is 14.6. The summed E-state index contributed by atoms with van der Waals surface area (Å²) in [5.74, 6) is -0.221. The normalized spacial score (nSPS) is 14.9. The molecule has 7 nitrogen and oxygen atoms in total. The van der Waals surface area contributed by atoms with Crippen LogP contribution in [0.2, 0.25) is 0 Å². The second-order valence-corrected chi connectivity index (χ2v) is 8.86. The smallest absolute Gasteiger partial charge is 0.407 e. The summed E-state index contributed by atoms with van der Waals surface area (Å²) < 4.78 is 19.4. The summed E-state index contributed by atoms with van der Waals surface area (Å²) >= 11 is 0. The van der Waals surface area contributed by atoms with Gasteiger partial charge in [0.15, 0.2) is 6.29 Å². The summed E-state index contributed by atoms with van der Waals surface area (Å²) in [6.45, 7) is 8.45. The number of amides is 1. The third-order valence-electron chi connectivity index (χ3n) is 5.12. The van der Waals surface area contributed by atoms with Crippen molar-refractivity contribution in [1.29, 1.82) is 0 Å². The topological polar surface area (TPSA) is 97.5 Å². The minimum absolute atomic E-state index is 0.0372. The molecule has 2 heterocycles. The molecule has 1 saturated heterocycles. The molecule has 3 N–H and O–H groups in total. The molecule has 0 spiro atoms. The number of alkyl carbamates (subject to hydrolysis) is 1. The van der Waals surface area contributed by atoms with Crippen molar-refractivity contribution in [3.05, 3.63) is 41.3 Å². The van der Waals surface area contributed by atoms with Crippen LogP contribution in [0.3, 0.4) is 0 Å². The number of nitrogens with one attached hydrogen (secondary N) is 1. The van der Waals surface area contributed by atoms with Crippen molar-refractivity contribution in [3.8, 4) is 11.1 Å². The van der Waals surface area contributed by atoms with Gasteiger partial charge >= 0.3 is 6.09 Å². The number of nitrogens with two attached hydrogens (primary N) is 1. The van der Waals surface area contributed by atoms with Crippen molar-refractivity contribution in [3.63, 3.8) is 0 Å². The summed E-state index contributed by atoms with van der Waals surface area (Å²) in [5, 5.41) is 2.90. The molecule has 1 aromatic carbocycles. The van der Waals surface area contributed by atoms with Gasteiger partial charge in [0.25, 0.3) is 0 Å². The summed E-state index contributed by atoms with van der Waals surface area (Å²) in [7, 11) is 0. The van der Waals surface area contributed by atoms with Crippen LogP contribution in [0.25, 0.3) is 11.1 Å². The van der Waals surface area contributed by atoms with E-state index in [0.29, 0.717) is 49.0 Å². The summed E-state index contributed by atoms with van der Waals surface area (Å²) in [4.78, 5) is 30.1. The van der Waals surface area contributed by atoms with Crippen LogP contribution in [-0.2, 0) is 4.74 Å². The fourth-order valence-corrected chi connectivity index (χ4v) is 3.81. The van der Waals surface area contributed by atoms with Gasteiger partial charge in [-0.2, -0.15) is 0 Å². The quantitative estimate of drug-likeness (QED) is 0.712. The molecular weight excluding hydrogens is 399 g/mol. The highest BCUT2D eigenvalue weighted by Crippen LogP contribution is 2.37. The molecule has 0 unspecified atom stereocenters. The first-order valence-corrected chi connectivity index (χ1v) is 10.3. The number of piperidine rings is 1. The lowest BCUT2D eigenvalue weighted by Crippen LogP contribution is -2.46. The Morgan fingerprint density at radius 3 is 2.55 bits per heavy atom. The predicted molar refractivity (Wildman–Crippen MR) is 119 cm³/mol. The maximum atomic E-state index is 14.1. The van der Waals surface area contributed by atoms with Crippen LogP contribution in [0.1, 0.15) is 49.5 Å². The van der Waals surface area contributed by atoms with Crippen LogP contribution < -0.4 is 16.0 Å². The third-order valence-corrected chi connectivity index (χ3v) is 5.12. The number of halogens is 1. The number of benzene rings is 1. The van der Waals surface area contributed by atoms with E-state index in [9.17, 15) is 14.0 Å². The van der Waals surface area contributed by atoms with Crippen molar-refractivity contribution in [1.82, 2.24) is 10.3 Å². The molecule has 1 aromatic heterocycles. The van der Waals surface area contributed by atoms with Gasteiger partial charge in [0, 0.05) is 30.9 Å². The van der Waals surface area contributed by atoms with Crippen molar-refractivity contribution < 1.29 is 18.7 Å². The van der Waals surface area contributed by atoms with E-state index in [-0.39, 0.29) is 23.2 Å². The maximum Gasteiger partial charge on any atom is 0.407 e. The van der Waals surface area contributed by atoms with Crippen LogP contribution in [0.15, 0.2) is 24.4 Å². The van der Waals surface area contributed by atoms with Crippen LogP contribution in [0, 0.1) is 12.7 Å². The molecule has 0 aliphatic carbocycles. The highest BCUT2D eigenvalue weighted by molar-refractivity contribution is 5.97. The Bertz CT molecular complexity index is 959. The Morgan fingerprint density at radius 1 is 1.29 bits per heavy atom. The van der Waals surface area contributed by atoms with Gasteiger partial charge in [0.05, 0.1) is 11.3 Å². The van der Waals surface area contributed by atoms with Crippen LogP contribution >= 0.6 is 0 Å². The number of anilines is 2. The van der Waals surface area contributed by atoms with Gasteiger partial charge in [-0.15, -0.1) is 0 Å². The average molecular weight is 429 g/mol. The molecule has 166 valence electrons. The Kier molecular flexibility index (Phi) is 6.48. The summed E-state index contributed by atoms with van der Waals surface area (Å²) in [6.07, 6.45) is 3.17. The number of rotatable bonds is 4. The summed E-state index contributed by atoms with van der Waals surface area (Å²) in [6, 6.07) is 4.69. The SMILES string of the molecule is Cc1cc(F)cc(-c2cnc(N)c(C=O)c2N2CCC(NC(=O)OC(C)(C)C)CC2)c1. The van der Waals surface area contributed by atoms with E-state index in [0.717, 1.165) is 5.56 Å². The highest BCUT2D eigenvalue weighted by Gasteiger charge is 2.27. The standard InChI is InChI=1S/C23H29FN4O3/c1-14-9-15(11-16(24)10-14)18-12-26-21(25)19(13-29)20(18)28-7-5-17(6-8-28)27-22(30)31-23(2,3)4/h9-13,17H,5-8H2,1-4H3,(H2,25,26)(H,27,30). The Balaban J connectivity index is 1.85. The third kappa shape index (κ3) is 5.51. The summed E-state index contributed by atoms with van der Waals surface area (Å²) in [5.41, 5.74) is 8.41. The van der Waals surface area contributed by atoms with E-state index < -0.39 is 11.7 Å². The Labute approximate surface area is 181 Å². The molecule has 1 aliphatic heterocycles. The molecule has 0 bridgehead atoms. The fraction of sp³-hybridized carbons (Fsp3) is 0.435. The van der Waals surface area contributed by atoms with Crippen LogP contribution in [0.4, 0.5) is 20.7 Å². The molecule has 8 heteroatoms. The maximum absolute atomic E-state index is 14.1. The van der Waals surface area contributed by atoms with Crippen molar-refractivity contribution in [2.24, 2.45) is 0 Å². The zero-order valence-electron chi connectivity index (χ0n) is 18.4. The molecule has 1 aliphatic rings. The van der Waals surface area contributed by atoms with E-state index in [4.69, 9.17) is 10.5 Å². The van der Waals surface area contributed by atoms with Crippen molar-refractivity contribution in [2.45, 2.75) is 52.2 Å². The Hall–Kier alpha value is -3.16. The zero-order valence-corrected chi connectivity index (χ0v) is 18.4. The van der Waals surface area contributed by atoms with Gasteiger partial charge < -0.3 is 20.7 Å². The first kappa shape index (κ1) is 22.5. The van der Waals surface area contributed by atoms with Gasteiger partial charge in [0.1, 0.15) is 17.2 Å². The zero-order chi connectivity index (χ0) is 22.8. The lowest BCUT2D eigenvalue weighted by atomic mass is 9.97. The number of carbonyl (C=O) groups is 2. The number of nitrogen functional groups attached to an aromatic ring is 1. The number of nitrogens with zero attached hydrogens (tertiary/aromatic N) is 2. The van der Waals surface area contributed by atoms with Gasteiger partial charge in [-0.3, -0.25) is 4.79 Å². The number of pyridine rings is 1. The minimum atomic E-state index is -0.559. The molecule has 0 saturated carbocycles. The molecule has 3 rings (SSSR count). The number of hydrogen-bond acceptors (Lipinski definition) is 6. The van der Waals surface area contributed by atoms with Crippen LogP contribution in [0.5, 0.6) is 0 Å². The fourth-order valence-electron chi connectivity index (χ4n) is 3.81. The van der Waals surface area contributed by atoms with Crippen LogP contribution in [-0.4, -0.2) is 42.1 Å². The van der Waals surface area contributed by atoms with E-state index in [2.05, 4.69) is 10.3 Å². The van der Waals surface area contributed by atoms with Gasteiger partial charge in [0.2, 0.25) is 0 Å². The van der Waals surface area contributed by atoms with Gasteiger partial charge in [-0.25, -0.2) is 14.2 Å². The minimum Gasteiger partial charge on any atom is -0.444 e. The van der Waals surface area contributed by atoms with Gasteiger partial charge in [-0.05, 0) is 63.8 Å². The number of carbonyl (C=O) groups excluding carboxylic acids is 2. The average Bonchev–Trinajstić information content (AvgIpc) is 2.66. The van der Waals surface area contributed by atoms with E-state index in [1.807, 2.05) is 38.7 Å². The molecule has 1 fully saturated rings. The molecule has 0 atom stereocenters. The lowest BCUT2D eigenvalue weighted by Gasteiger charge is -2.36. The molecule has 31 heavy (non-hydrogen) atoms. The number of aromatic nitrogens is 1. The second-order valence-electron chi connectivity index (χ2n) is 8.86. The van der Waals surface area contributed by atoms with Crippen molar-refractivity contribution in [2.75, 3.05) is 23.7 Å². The van der Waals surface area contributed by atoms with Crippen molar-refractivity contribution >= 4 is 23.9 Å². The van der Waals surface area contributed by atoms with Gasteiger partial charge in [-0.1, -0.05) is 6.07 Å². The largest absolute Gasteiger partial charge is 0.444 e. The monoisotopic (exact) mass is 428 g/mol. The Morgan fingerprint density at radius 2 is 1.97 bits per heavy atom. The second kappa shape index (κ2) is 8.91. The first-order valence-electron chi connectivity index (χ1n) is 10.3. The van der Waals surface area contributed by atoms with E-state index in [1.54, 1.807) is 6.20 Å². The number of ether oxygens (including phenoxy) is 1. The van der Waals surface area contributed by atoms with E-state index >= 15 is 0 Å².